The van der Waals surface area contributed by atoms with E-state index < -0.39 is 5.60 Å². The molecule has 2 aliphatic heterocycles. The Hall–Kier alpha value is -1.08. The number of aryl methyl sites for hydroxylation is 2. The number of β-amino-alcohol motifs (C(OH)–C–C–N with tert-alkyl or cyclic N) is 1. The van der Waals surface area contributed by atoms with Crippen molar-refractivity contribution in [2.45, 2.75) is 38.4 Å². The Labute approximate surface area is 131 Å². The number of morpholine rings is 1. The lowest BCUT2D eigenvalue weighted by Crippen LogP contribution is -2.50. The average molecular weight is 307 g/mol. The SMILES string of the molecule is Cc1cc([C@H]2CN(CC3(O)CCOCC3)CCO2)nc(C)n1. The van der Waals surface area contributed by atoms with Crippen molar-refractivity contribution in [3.8, 4) is 0 Å². The van der Waals surface area contributed by atoms with Crippen LogP contribution in [0.5, 0.6) is 0 Å². The molecular formula is C16H25N3O3. The molecule has 3 rings (SSSR count). The lowest BCUT2D eigenvalue weighted by atomic mass is 9.93. The van der Waals surface area contributed by atoms with Gasteiger partial charge in [0, 0.05) is 51.4 Å². The molecule has 2 fully saturated rings. The predicted octanol–water partition coefficient (Wildman–Crippen LogP) is 1.01. The van der Waals surface area contributed by atoms with Crippen molar-refractivity contribution in [1.29, 1.82) is 0 Å². The normalized spacial score (nSPS) is 26.0. The van der Waals surface area contributed by atoms with Crippen LogP contribution in [0.3, 0.4) is 0 Å². The van der Waals surface area contributed by atoms with Crippen LogP contribution in [0.15, 0.2) is 6.07 Å². The highest BCUT2D eigenvalue weighted by Crippen LogP contribution is 2.26. The zero-order valence-corrected chi connectivity index (χ0v) is 13.4. The molecule has 1 N–H and O–H groups in total. The third-order valence-corrected chi connectivity index (χ3v) is 4.41. The van der Waals surface area contributed by atoms with Gasteiger partial charge in [0.2, 0.25) is 0 Å². The zero-order valence-electron chi connectivity index (χ0n) is 13.4. The minimum atomic E-state index is -0.627. The first-order chi connectivity index (χ1) is 10.5. The van der Waals surface area contributed by atoms with E-state index in [-0.39, 0.29) is 6.10 Å². The summed E-state index contributed by atoms with van der Waals surface area (Å²) in [6, 6.07) is 1.99. The maximum atomic E-state index is 10.7. The fourth-order valence-corrected chi connectivity index (χ4v) is 3.26. The van der Waals surface area contributed by atoms with Crippen LogP contribution >= 0.6 is 0 Å². The number of rotatable bonds is 3. The number of hydrogen-bond donors (Lipinski definition) is 1. The van der Waals surface area contributed by atoms with Gasteiger partial charge in [-0.1, -0.05) is 0 Å². The van der Waals surface area contributed by atoms with Gasteiger partial charge in [0.1, 0.15) is 11.9 Å². The van der Waals surface area contributed by atoms with E-state index >= 15 is 0 Å². The van der Waals surface area contributed by atoms with E-state index in [1.54, 1.807) is 0 Å². The molecule has 0 saturated carbocycles. The molecule has 1 atom stereocenters. The summed E-state index contributed by atoms with van der Waals surface area (Å²) in [6.45, 7) is 8.13. The summed E-state index contributed by atoms with van der Waals surface area (Å²) in [5.74, 6) is 0.777. The summed E-state index contributed by atoms with van der Waals surface area (Å²) in [5.41, 5.74) is 1.28. The standard InChI is InChI=1S/C16H25N3O3/c1-12-9-14(18-13(2)17-12)15-10-19(5-8-22-15)11-16(20)3-6-21-7-4-16/h9,15,20H,3-8,10-11H2,1-2H3/t15-/m1/s1. The van der Waals surface area contributed by atoms with Gasteiger partial charge in [0.25, 0.3) is 0 Å². The molecule has 6 nitrogen and oxygen atoms in total. The van der Waals surface area contributed by atoms with E-state index in [2.05, 4.69) is 14.9 Å². The van der Waals surface area contributed by atoms with Gasteiger partial charge in [-0.05, 0) is 19.9 Å². The maximum absolute atomic E-state index is 10.7. The highest BCUT2D eigenvalue weighted by atomic mass is 16.5. The zero-order chi connectivity index (χ0) is 15.6. The summed E-state index contributed by atoms with van der Waals surface area (Å²) >= 11 is 0. The summed E-state index contributed by atoms with van der Waals surface area (Å²) in [6.07, 6.45) is 1.37. The Morgan fingerprint density at radius 2 is 2.05 bits per heavy atom. The van der Waals surface area contributed by atoms with Crippen LogP contribution in [-0.4, -0.2) is 65.0 Å². The fraction of sp³-hybridized carbons (Fsp3) is 0.750. The lowest BCUT2D eigenvalue weighted by Gasteiger charge is -2.40. The molecule has 0 aliphatic carbocycles. The van der Waals surface area contributed by atoms with E-state index in [0.717, 1.165) is 30.3 Å². The number of aromatic nitrogens is 2. The van der Waals surface area contributed by atoms with Crippen molar-refractivity contribution in [2.24, 2.45) is 0 Å². The molecule has 2 aliphatic rings. The number of nitrogens with zero attached hydrogens (tertiary/aromatic N) is 3. The summed E-state index contributed by atoms with van der Waals surface area (Å²) in [4.78, 5) is 11.1. The molecule has 6 heteroatoms. The molecular weight excluding hydrogens is 282 g/mol. The number of hydrogen-bond acceptors (Lipinski definition) is 6. The molecule has 0 bridgehead atoms. The topological polar surface area (TPSA) is 67.7 Å². The van der Waals surface area contributed by atoms with Gasteiger partial charge in [-0.25, -0.2) is 9.97 Å². The van der Waals surface area contributed by atoms with Crippen LogP contribution in [0.2, 0.25) is 0 Å². The Morgan fingerprint density at radius 3 is 2.77 bits per heavy atom. The van der Waals surface area contributed by atoms with Crippen molar-refractivity contribution in [3.63, 3.8) is 0 Å². The van der Waals surface area contributed by atoms with Gasteiger partial charge in [-0.2, -0.15) is 0 Å². The molecule has 0 aromatic carbocycles. The fourth-order valence-electron chi connectivity index (χ4n) is 3.26. The molecule has 0 spiro atoms. The first kappa shape index (κ1) is 15.8. The van der Waals surface area contributed by atoms with Crippen molar-refractivity contribution in [1.82, 2.24) is 14.9 Å². The van der Waals surface area contributed by atoms with Gasteiger partial charge in [0.15, 0.2) is 0 Å². The van der Waals surface area contributed by atoms with Crippen molar-refractivity contribution in [3.05, 3.63) is 23.3 Å². The first-order valence-electron chi connectivity index (χ1n) is 8.00. The monoisotopic (exact) mass is 307 g/mol. The largest absolute Gasteiger partial charge is 0.388 e. The number of ether oxygens (including phenoxy) is 2. The third-order valence-electron chi connectivity index (χ3n) is 4.41. The van der Waals surface area contributed by atoms with E-state index in [1.165, 1.54) is 0 Å². The maximum Gasteiger partial charge on any atom is 0.125 e. The highest BCUT2D eigenvalue weighted by molar-refractivity contribution is 5.13. The van der Waals surface area contributed by atoms with Crippen LogP contribution < -0.4 is 0 Å². The van der Waals surface area contributed by atoms with E-state index in [4.69, 9.17) is 9.47 Å². The summed E-state index contributed by atoms with van der Waals surface area (Å²) in [7, 11) is 0. The van der Waals surface area contributed by atoms with E-state index in [9.17, 15) is 5.11 Å². The summed E-state index contributed by atoms with van der Waals surface area (Å²) < 4.78 is 11.2. The third kappa shape index (κ3) is 3.81. The molecule has 3 heterocycles. The molecule has 2 saturated heterocycles. The second-order valence-electron chi connectivity index (χ2n) is 6.41. The Morgan fingerprint density at radius 1 is 1.27 bits per heavy atom. The van der Waals surface area contributed by atoms with Gasteiger partial charge >= 0.3 is 0 Å². The molecule has 0 unspecified atom stereocenters. The predicted molar refractivity (Wildman–Crippen MR) is 81.6 cm³/mol. The van der Waals surface area contributed by atoms with Gasteiger partial charge in [-0.15, -0.1) is 0 Å². The van der Waals surface area contributed by atoms with Crippen LogP contribution in [-0.2, 0) is 9.47 Å². The second kappa shape index (κ2) is 6.58. The quantitative estimate of drug-likeness (QED) is 0.899. The Balaban J connectivity index is 1.66. The van der Waals surface area contributed by atoms with E-state index in [0.29, 0.717) is 39.2 Å². The van der Waals surface area contributed by atoms with Crippen molar-refractivity contribution < 1.29 is 14.6 Å². The second-order valence-corrected chi connectivity index (χ2v) is 6.41. The molecule has 1 aromatic rings. The molecule has 22 heavy (non-hydrogen) atoms. The first-order valence-corrected chi connectivity index (χ1v) is 8.00. The Kier molecular flexibility index (Phi) is 4.73. The smallest absolute Gasteiger partial charge is 0.125 e. The van der Waals surface area contributed by atoms with E-state index in [1.807, 2.05) is 19.9 Å². The van der Waals surface area contributed by atoms with Crippen LogP contribution in [0.25, 0.3) is 0 Å². The minimum absolute atomic E-state index is 0.0439. The van der Waals surface area contributed by atoms with Gasteiger partial charge in [-0.3, -0.25) is 4.90 Å². The van der Waals surface area contributed by atoms with Gasteiger partial charge in [0.05, 0.1) is 17.9 Å². The number of aliphatic hydroxyl groups is 1. The Bertz CT molecular complexity index is 497. The van der Waals surface area contributed by atoms with Gasteiger partial charge < -0.3 is 14.6 Å². The molecule has 0 radical (unpaired) electrons. The molecule has 122 valence electrons. The van der Waals surface area contributed by atoms with Crippen LogP contribution in [0.1, 0.15) is 36.2 Å². The molecule has 0 amide bonds. The minimum Gasteiger partial charge on any atom is -0.388 e. The lowest BCUT2D eigenvalue weighted by molar-refractivity contribution is -0.103. The summed E-state index contributed by atoms with van der Waals surface area (Å²) in [5, 5.41) is 10.7. The molecule has 1 aromatic heterocycles. The average Bonchev–Trinajstić information content (AvgIpc) is 2.47. The van der Waals surface area contributed by atoms with Crippen molar-refractivity contribution in [2.75, 3.05) is 39.5 Å². The highest BCUT2D eigenvalue weighted by Gasteiger charge is 2.34. The van der Waals surface area contributed by atoms with Crippen molar-refractivity contribution >= 4 is 0 Å². The van der Waals surface area contributed by atoms with Crippen LogP contribution in [0, 0.1) is 13.8 Å². The van der Waals surface area contributed by atoms with Crippen LogP contribution in [0.4, 0.5) is 0 Å².